The van der Waals surface area contributed by atoms with E-state index in [1.807, 2.05) is 0 Å². The Morgan fingerprint density at radius 1 is 1.50 bits per heavy atom. The van der Waals surface area contributed by atoms with Crippen molar-refractivity contribution < 1.29 is 18.3 Å². The first kappa shape index (κ1) is 14.5. The zero-order chi connectivity index (χ0) is 13.7. The van der Waals surface area contributed by atoms with E-state index in [-0.39, 0.29) is 18.7 Å². The molecule has 0 saturated heterocycles. The number of methoxy groups -OCH3 is 1. The van der Waals surface area contributed by atoms with Crippen molar-refractivity contribution in [2.45, 2.75) is 13.0 Å². The van der Waals surface area contributed by atoms with Gasteiger partial charge in [0, 0.05) is 13.7 Å². The zero-order valence-corrected chi connectivity index (χ0v) is 10.3. The quantitative estimate of drug-likeness (QED) is 0.827. The summed E-state index contributed by atoms with van der Waals surface area (Å²) in [6.07, 6.45) is 0. The number of benzene rings is 1. The Morgan fingerprint density at radius 3 is 2.72 bits per heavy atom. The van der Waals surface area contributed by atoms with Crippen molar-refractivity contribution in [3.8, 4) is 0 Å². The standard InChI is InChI=1S/C12H16F2N2O2/c1-7-3-4-9(13)10(11(7)14)12(17)16-8(5-15)6-18-2/h3-4,8H,5-6,15H2,1-2H3,(H,16,17). The Bertz CT molecular complexity index is 438. The van der Waals surface area contributed by atoms with Crippen molar-refractivity contribution in [3.63, 3.8) is 0 Å². The maximum atomic E-state index is 13.7. The van der Waals surface area contributed by atoms with Gasteiger partial charge in [-0.1, -0.05) is 6.07 Å². The molecule has 100 valence electrons. The number of amides is 1. The first-order valence-corrected chi connectivity index (χ1v) is 5.45. The molecule has 3 N–H and O–H groups in total. The fourth-order valence-electron chi connectivity index (χ4n) is 1.49. The highest BCUT2D eigenvalue weighted by molar-refractivity contribution is 5.95. The molecule has 18 heavy (non-hydrogen) atoms. The predicted molar refractivity (Wildman–Crippen MR) is 63.3 cm³/mol. The molecule has 0 aliphatic rings. The number of hydrogen-bond donors (Lipinski definition) is 2. The van der Waals surface area contributed by atoms with E-state index in [0.29, 0.717) is 0 Å². The monoisotopic (exact) mass is 258 g/mol. The van der Waals surface area contributed by atoms with Crippen LogP contribution in [0.3, 0.4) is 0 Å². The molecule has 0 saturated carbocycles. The van der Waals surface area contributed by atoms with Gasteiger partial charge >= 0.3 is 0 Å². The fourth-order valence-corrected chi connectivity index (χ4v) is 1.49. The smallest absolute Gasteiger partial charge is 0.257 e. The Balaban J connectivity index is 2.93. The summed E-state index contributed by atoms with van der Waals surface area (Å²) in [7, 11) is 1.45. The van der Waals surface area contributed by atoms with E-state index in [0.717, 1.165) is 6.07 Å². The molecule has 0 aliphatic carbocycles. The van der Waals surface area contributed by atoms with E-state index < -0.39 is 29.1 Å². The summed E-state index contributed by atoms with van der Waals surface area (Å²) in [5.74, 6) is -2.59. The second-order valence-electron chi connectivity index (χ2n) is 3.91. The highest BCUT2D eigenvalue weighted by Crippen LogP contribution is 2.16. The third-order valence-corrected chi connectivity index (χ3v) is 2.50. The maximum Gasteiger partial charge on any atom is 0.257 e. The van der Waals surface area contributed by atoms with E-state index >= 15 is 0 Å². The lowest BCUT2D eigenvalue weighted by molar-refractivity contribution is 0.0892. The van der Waals surface area contributed by atoms with Crippen LogP contribution in [0.5, 0.6) is 0 Å². The van der Waals surface area contributed by atoms with Gasteiger partial charge in [0.2, 0.25) is 0 Å². The molecule has 4 nitrogen and oxygen atoms in total. The van der Waals surface area contributed by atoms with Crippen molar-refractivity contribution in [1.82, 2.24) is 5.32 Å². The van der Waals surface area contributed by atoms with Crippen LogP contribution in [0.25, 0.3) is 0 Å². The molecule has 0 aliphatic heterocycles. The normalized spacial score (nSPS) is 12.3. The molecule has 0 radical (unpaired) electrons. The molecule has 1 amide bonds. The van der Waals surface area contributed by atoms with E-state index in [9.17, 15) is 13.6 Å². The highest BCUT2D eigenvalue weighted by atomic mass is 19.1. The Kier molecular flexibility index (Phi) is 5.18. The summed E-state index contributed by atoms with van der Waals surface area (Å²) < 4.78 is 32.0. The van der Waals surface area contributed by atoms with Crippen molar-refractivity contribution in [2.75, 3.05) is 20.3 Å². The zero-order valence-electron chi connectivity index (χ0n) is 10.3. The fraction of sp³-hybridized carbons (Fsp3) is 0.417. The van der Waals surface area contributed by atoms with Gasteiger partial charge in [-0.25, -0.2) is 8.78 Å². The summed E-state index contributed by atoms with van der Waals surface area (Å²) in [5, 5.41) is 2.42. The molecular weight excluding hydrogens is 242 g/mol. The second-order valence-corrected chi connectivity index (χ2v) is 3.91. The average Bonchev–Trinajstić information content (AvgIpc) is 2.34. The van der Waals surface area contributed by atoms with Crippen molar-refractivity contribution in [2.24, 2.45) is 5.73 Å². The van der Waals surface area contributed by atoms with Gasteiger partial charge in [0.05, 0.1) is 12.6 Å². The van der Waals surface area contributed by atoms with Gasteiger partial charge in [0.1, 0.15) is 17.2 Å². The van der Waals surface area contributed by atoms with Crippen LogP contribution in [0, 0.1) is 18.6 Å². The van der Waals surface area contributed by atoms with Crippen molar-refractivity contribution >= 4 is 5.91 Å². The number of carbonyl (C=O) groups is 1. The van der Waals surface area contributed by atoms with Gasteiger partial charge in [-0.05, 0) is 18.6 Å². The van der Waals surface area contributed by atoms with Gasteiger partial charge in [-0.2, -0.15) is 0 Å². The lowest BCUT2D eigenvalue weighted by Crippen LogP contribution is -2.43. The van der Waals surface area contributed by atoms with Crippen LogP contribution in [-0.4, -0.2) is 32.2 Å². The molecule has 0 heterocycles. The van der Waals surface area contributed by atoms with Gasteiger partial charge in [0.25, 0.3) is 5.91 Å². The number of rotatable bonds is 5. The Hall–Kier alpha value is -1.53. The first-order chi connectivity index (χ1) is 8.51. The SMILES string of the molecule is COCC(CN)NC(=O)c1c(F)ccc(C)c1F. The molecule has 0 aromatic heterocycles. The van der Waals surface area contributed by atoms with Crippen LogP contribution in [0.4, 0.5) is 8.78 Å². The summed E-state index contributed by atoms with van der Waals surface area (Å²) in [5.41, 5.74) is 5.02. The van der Waals surface area contributed by atoms with Crippen molar-refractivity contribution in [3.05, 3.63) is 34.9 Å². The molecular formula is C12H16F2N2O2. The van der Waals surface area contributed by atoms with Gasteiger partial charge in [-0.15, -0.1) is 0 Å². The van der Waals surface area contributed by atoms with Crippen LogP contribution < -0.4 is 11.1 Å². The second kappa shape index (κ2) is 6.42. The number of aryl methyl sites for hydroxylation is 1. The van der Waals surface area contributed by atoms with E-state index in [2.05, 4.69) is 5.32 Å². The minimum Gasteiger partial charge on any atom is -0.383 e. The van der Waals surface area contributed by atoms with Crippen LogP contribution in [0.2, 0.25) is 0 Å². The van der Waals surface area contributed by atoms with E-state index in [1.165, 1.54) is 20.1 Å². The molecule has 0 bridgehead atoms. The van der Waals surface area contributed by atoms with Crippen LogP contribution in [0.15, 0.2) is 12.1 Å². The van der Waals surface area contributed by atoms with Gasteiger partial charge in [-0.3, -0.25) is 4.79 Å². The largest absolute Gasteiger partial charge is 0.383 e. The van der Waals surface area contributed by atoms with Crippen LogP contribution >= 0.6 is 0 Å². The maximum absolute atomic E-state index is 13.7. The van der Waals surface area contributed by atoms with Gasteiger partial charge in [0.15, 0.2) is 0 Å². The molecule has 0 fully saturated rings. The number of nitrogens with two attached hydrogens (primary N) is 1. The topological polar surface area (TPSA) is 64.3 Å². The summed E-state index contributed by atoms with van der Waals surface area (Å²) >= 11 is 0. The van der Waals surface area contributed by atoms with Crippen LogP contribution in [-0.2, 0) is 4.74 Å². The molecule has 1 aromatic carbocycles. The van der Waals surface area contributed by atoms with Crippen molar-refractivity contribution in [1.29, 1.82) is 0 Å². The lowest BCUT2D eigenvalue weighted by atomic mass is 10.1. The number of hydrogen-bond acceptors (Lipinski definition) is 3. The number of halogens is 2. The van der Waals surface area contributed by atoms with E-state index in [1.54, 1.807) is 0 Å². The number of nitrogens with one attached hydrogen (secondary N) is 1. The minimum absolute atomic E-state index is 0.120. The molecule has 1 rings (SSSR count). The molecule has 0 spiro atoms. The molecule has 1 unspecified atom stereocenters. The van der Waals surface area contributed by atoms with Crippen LogP contribution in [0.1, 0.15) is 15.9 Å². The summed E-state index contributed by atoms with van der Waals surface area (Å²) in [6, 6.07) is 1.85. The minimum atomic E-state index is -0.899. The third-order valence-electron chi connectivity index (χ3n) is 2.50. The summed E-state index contributed by atoms with van der Waals surface area (Å²) in [6.45, 7) is 1.76. The predicted octanol–water partition coefficient (Wildman–Crippen LogP) is 0.977. The Labute approximate surface area is 104 Å². The average molecular weight is 258 g/mol. The highest BCUT2D eigenvalue weighted by Gasteiger charge is 2.21. The number of ether oxygens (including phenoxy) is 1. The number of carbonyl (C=O) groups excluding carboxylic acids is 1. The van der Waals surface area contributed by atoms with Gasteiger partial charge < -0.3 is 15.8 Å². The first-order valence-electron chi connectivity index (χ1n) is 5.45. The molecule has 1 aromatic rings. The summed E-state index contributed by atoms with van der Waals surface area (Å²) in [4.78, 5) is 11.8. The third kappa shape index (κ3) is 3.24. The molecule has 1 atom stereocenters. The Morgan fingerprint density at radius 2 is 2.17 bits per heavy atom. The van der Waals surface area contributed by atoms with E-state index in [4.69, 9.17) is 10.5 Å². The lowest BCUT2D eigenvalue weighted by Gasteiger charge is -2.16. The molecule has 6 heteroatoms.